The van der Waals surface area contributed by atoms with Crippen molar-refractivity contribution in [2.75, 3.05) is 5.33 Å². The molecule has 3 aliphatic rings. The summed E-state index contributed by atoms with van der Waals surface area (Å²) in [6.07, 6.45) is 1.80. The van der Waals surface area contributed by atoms with Crippen molar-refractivity contribution >= 4 is 21.7 Å². The van der Waals surface area contributed by atoms with Crippen LogP contribution in [0.3, 0.4) is 0 Å². The smallest absolute Gasteiger partial charge is 0.152 e. The van der Waals surface area contributed by atoms with Crippen LogP contribution in [0.25, 0.3) is 0 Å². The summed E-state index contributed by atoms with van der Waals surface area (Å²) in [6.45, 7) is 6.17. The molecular formula is C10H15BrO2. The minimum Gasteiger partial charge on any atom is -0.368 e. The molecule has 3 fully saturated rings. The Morgan fingerprint density at radius 1 is 1.38 bits per heavy atom. The number of hydrogen-bond donors (Lipinski definition) is 0. The van der Waals surface area contributed by atoms with Crippen molar-refractivity contribution in [2.45, 2.75) is 44.8 Å². The first-order valence-corrected chi connectivity index (χ1v) is 5.77. The molecule has 0 radical (unpaired) electrons. The summed E-state index contributed by atoms with van der Waals surface area (Å²) in [6, 6.07) is 0. The van der Waals surface area contributed by atoms with Crippen molar-refractivity contribution in [1.29, 1.82) is 0 Å². The van der Waals surface area contributed by atoms with Gasteiger partial charge in [0, 0.05) is 0 Å². The van der Waals surface area contributed by atoms with Crippen LogP contribution in [0.4, 0.5) is 0 Å². The maximum atomic E-state index is 11.8. The van der Waals surface area contributed by atoms with Crippen molar-refractivity contribution in [3.05, 3.63) is 0 Å². The monoisotopic (exact) mass is 246 g/mol. The lowest BCUT2D eigenvalue weighted by molar-refractivity contribution is -0.132. The van der Waals surface area contributed by atoms with Gasteiger partial charge in [-0.2, -0.15) is 0 Å². The second-order valence-corrected chi connectivity index (χ2v) is 5.62. The maximum Gasteiger partial charge on any atom is 0.152 e. The first-order chi connectivity index (χ1) is 5.85. The quantitative estimate of drug-likeness (QED) is 0.700. The molecule has 2 aliphatic heterocycles. The van der Waals surface area contributed by atoms with Crippen LogP contribution in [0.2, 0.25) is 0 Å². The van der Waals surface area contributed by atoms with Crippen LogP contribution in [0.5, 0.6) is 0 Å². The summed E-state index contributed by atoms with van der Waals surface area (Å²) < 4.78 is 5.89. The van der Waals surface area contributed by atoms with Crippen molar-refractivity contribution in [3.63, 3.8) is 0 Å². The van der Waals surface area contributed by atoms with Crippen LogP contribution in [-0.2, 0) is 9.53 Å². The molecule has 0 N–H and O–H groups in total. The molecule has 0 spiro atoms. The third-order valence-corrected chi connectivity index (χ3v) is 4.17. The highest BCUT2D eigenvalue weighted by Gasteiger charge is 2.72. The molecule has 3 heteroatoms. The highest BCUT2D eigenvalue weighted by molar-refractivity contribution is 9.09. The number of hydrogen-bond acceptors (Lipinski definition) is 2. The van der Waals surface area contributed by atoms with Crippen LogP contribution in [0, 0.1) is 5.41 Å². The Morgan fingerprint density at radius 2 is 1.92 bits per heavy atom. The molecule has 2 bridgehead atoms. The Bertz CT molecular complexity index is 264. The average Bonchev–Trinajstić information content (AvgIpc) is 2.27. The number of carbonyl (C=O) groups is 1. The number of halogens is 1. The van der Waals surface area contributed by atoms with Crippen LogP contribution in [-0.4, -0.2) is 22.3 Å². The standard InChI is InChI=1S/C10H15BrO2/c1-8(2)10(7(12)4-11)5-9(3,6-10)13-8/h4-6H2,1-3H3. The van der Waals surface area contributed by atoms with Crippen molar-refractivity contribution in [3.8, 4) is 0 Å². The lowest BCUT2D eigenvalue weighted by Crippen LogP contribution is -2.52. The Hall–Kier alpha value is 0.110. The molecule has 1 aliphatic carbocycles. The van der Waals surface area contributed by atoms with Gasteiger partial charge in [-0.15, -0.1) is 0 Å². The molecule has 0 amide bonds. The molecule has 0 unspecified atom stereocenters. The molecule has 1 saturated carbocycles. The van der Waals surface area contributed by atoms with Gasteiger partial charge in [0.2, 0.25) is 0 Å². The fraction of sp³-hybridized carbons (Fsp3) is 0.900. The van der Waals surface area contributed by atoms with Gasteiger partial charge in [0.1, 0.15) is 0 Å². The van der Waals surface area contributed by atoms with Gasteiger partial charge in [0.25, 0.3) is 0 Å². The first-order valence-electron chi connectivity index (χ1n) is 4.65. The fourth-order valence-corrected chi connectivity index (χ4v) is 3.63. The summed E-state index contributed by atoms with van der Waals surface area (Å²) in [7, 11) is 0. The molecule has 0 atom stereocenters. The largest absolute Gasteiger partial charge is 0.368 e. The van der Waals surface area contributed by atoms with Gasteiger partial charge in [-0.3, -0.25) is 4.79 Å². The third-order valence-electron chi connectivity index (χ3n) is 3.66. The van der Waals surface area contributed by atoms with Crippen LogP contribution in [0.1, 0.15) is 33.6 Å². The summed E-state index contributed by atoms with van der Waals surface area (Å²) in [5, 5.41) is 0.454. The minimum atomic E-state index is -0.271. The van der Waals surface area contributed by atoms with Crippen molar-refractivity contribution in [1.82, 2.24) is 0 Å². The maximum absolute atomic E-state index is 11.8. The van der Waals surface area contributed by atoms with Gasteiger partial charge in [-0.1, -0.05) is 15.9 Å². The lowest BCUT2D eigenvalue weighted by atomic mass is 9.55. The Balaban J connectivity index is 2.32. The van der Waals surface area contributed by atoms with Crippen LogP contribution in [0.15, 0.2) is 0 Å². The normalized spacial score (nSPS) is 45.8. The van der Waals surface area contributed by atoms with E-state index in [1.54, 1.807) is 0 Å². The topological polar surface area (TPSA) is 26.3 Å². The van der Waals surface area contributed by atoms with Crippen LogP contribution >= 0.6 is 15.9 Å². The van der Waals surface area contributed by atoms with Crippen LogP contribution < -0.4 is 0 Å². The molecule has 0 aromatic rings. The Kier molecular flexibility index (Phi) is 1.76. The SMILES string of the molecule is CC12CC(C(=O)CBr)(C1)C(C)(C)O2. The van der Waals surface area contributed by atoms with E-state index in [1.807, 2.05) is 13.8 Å². The number of carbonyl (C=O) groups excluding carboxylic acids is 1. The zero-order valence-electron chi connectivity index (χ0n) is 8.32. The van der Waals surface area contributed by atoms with E-state index in [-0.39, 0.29) is 16.6 Å². The zero-order valence-corrected chi connectivity index (χ0v) is 9.90. The molecule has 13 heavy (non-hydrogen) atoms. The van der Waals surface area contributed by atoms with Gasteiger partial charge in [-0.25, -0.2) is 0 Å². The summed E-state index contributed by atoms with van der Waals surface area (Å²) in [5.74, 6) is 0.299. The third kappa shape index (κ3) is 1.00. The fourth-order valence-electron chi connectivity index (χ4n) is 3.10. The molecule has 0 aromatic heterocycles. The predicted octanol–water partition coefficient (Wildman–Crippen LogP) is 2.30. The van der Waals surface area contributed by atoms with E-state index in [0.29, 0.717) is 11.1 Å². The highest BCUT2D eigenvalue weighted by atomic mass is 79.9. The van der Waals surface area contributed by atoms with E-state index in [2.05, 4.69) is 22.9 Å². The lowest BCUT2D eigenvalue weighted by Gasteiger charge is -2.43. The van der Waals surface area contributed by atoms with Gasteiger partial charge in [0.15, 0.2) is 5.78 Å². The molecular weight excluding hydrogens is 232 g/mol. The van der Waals surface area contributed by atoms with E-state index in [1.165, 1.54) is 0 Å². The first kappa shape index (κ1) is 9.66. The average molecular weight is 247 g/mol. The molecule has 74 valence electrons. The zero-order chi connectivity index (χ0) is 9.91. The molecule has 3 rings (SSSR count). The number of alkyl halides is 1. The summed E-state index contributed by atoms with van der Waals surface area (Å²) in [5.41, 5.74) is -0.501. The van der Waals surface area contributed by atoms with E-state index in [9.17, 15) is 4.79 Å². The van der Waals surface area contributed by atoms with Gasteiger partial charge < -0.3 is 4.74 Å². The van der Waals surface area contributed by atoms with Gasteiger partial charge in [-0.05, 0) is 33.6 Å². The summed E-state index contributed by atoms with van der Waals surface area (Å²) in [4.78, 5) is 11.8. The predicted molar refractivity (Wildman–Crippen MR) is 54.0 cm³/mol. The van der Waals surface area contributed by atoms with Gasteiger partial charge in [0.05, 0.1) is 21.9 Å². The molecule has 2 nitrogen and oxygen atoms in total. The Labute approximate surface area is 87.2 Å². The van der Waals surface area contributed by atoms with E-state index < -0.39 is 0 Å². The number of Topliss-reactive ketones (excluding diaryl/α,β-unsaturated/α-hetero) is 1. The number of ketones is 1. The second-order valence-electron chi connectivity index (χ2n) is 5.05. The van der Waals surface area contributed by atoms with E-state index >= 15 is 0 Å². The number of fused-ring (bicyclic) bond motifs is 1. The number of ether oxygens (including phenoxy) is 1. The highest BCUT2D eigenvalue weighted by Crippen LogP contribution is 2.66. The van der Waals surface area contributed by atoms with Crippen molar-refractivity contribution < 1.29 is 9.53 Å². The second kappa shape index (κ2) is 2.37. The molecule has 2 heterocycles. The Morgan fingerprint density at radius 3 is 2.23 bits per heavy atom. The van der Waals surface area contributed by atoms with E-state index in [0.717, 1.165) is 12.8 Å². The van der Waals surface area contributed by atoms with Crippen molar-refractivity contribution in [2.24, 2.45) is 5.41 Å². The molecule has 0 aromatic carbocycles. The van der Waals surface area contributed by atoms with E-state index in [4.69, 9.17) is 4.74 Å². The van der Waals surface area contributed by atoms with Gasteiger partial charge >= 0.3 is 0 Å². The minimum absolute atomic E-state index is 0.0265. The summed E-state index contributed by atoms with van der Waals surface area (Å²) >= 11 is 3.25. The number of rotatable bonds is 2. The molecule has 2 saturated heterocycles.